The van der Waals surface area contributed by atoms with E-state index in [0.717, 1.165) is 5.92 Å². The molecule has 0 radical (unpaired) electrons. The molecule has 1 N–H and O–H groups in total. The lowest BCUT2D eigenvalue weighted by Crippen LogP contribution is -2.34. The highest BCUT2D eigenvalue weighted by Gasteiger charge is 2.34. The van der Waals surface area contributed by atoms with Crippen LogP contribution >= 0.6 is 15.9 Å². The molecule has 1 atom stereocenters. The van der Waals surface area contributed by atoms with Crippen molar-refractivity contribution < 1.29 is 0 Å². The van der Waals surface area contributed by atoms with Crippen molar-refractivity contribution in [2.24, 2.45) is 11.3 Å². The molecule has 0 heterocycles. The molecule has 2 rings (SSSR count). The van der Waals surface area contributed by atoms with E-state index >= 15 is 0 Å². The summed E-state index contributed by atoms with van der Waals surface area (Å²) in [6.45, 7) is 8.16. The van der Waals surface area contributed by atoms with Crippen molar-refractivity contribution in [1.82, 2.24) is 5.32 Å². The SMILES string of the molecule is CC(C)CC1(CNC(C)c2cccc(Br)c2)CCCC1. The Morgan fingerprint density at radius 3 is 2.50 bits per heavy atom. The van der Waals surface area contributed by atoms with E-state index in [1.54, 1.807) is 0 Å². The zero-order valence-corrected chi connectivity index (χ0v) is 14.7. The zero-order chi connectivity index (χ0) is 14.6. The summed E-state index contributed by atoms with van der Waals surface area (Å²) in [5.41, 5.74) is 1.92. The van der Waals surface area contributed by atoms with Crippen molar-refractivity contribution in [3.05, 3.63) is 34.3 Å². The van der Waals surface area contributed by atoms with Crippen molar-refractivity contribution in [2.45, 2.75) is 58.9 Å². The van der Waals surface area contributed by atoms with Gasteiger partial charge in [-0.2, -0.15) is 0 Å². The summed E-state index contributed by atoms with van der Waals surface area (Å²) in [5.74, 6) is 0.802. The summed E-state index contributed by atoms with van der Waals surface area (Å²) in [6, 6.07) is 9.08. The Morgan fingerprint density at radius 2 is 1.90 bits per heavy atom. The Bertz CT molecular complexity index is 421. The highest BCUT2D eigenvalue weighted by Crippen LogP contribution is 2.43. The third kappa shape index (κ3) is 4.33. The maximum absolute atomic E-state index is 3.79. The van der Waals surface area contributed by atoms with Crippen molar-refractivity contribution in [3.8, 4) is 0 Å². The van der Waals surface area contributed by atoms with E-state index in [1.807, 2.05) is 0 Å². The van der Waals surface area contributed by atoms with Gasteiger partial charge in [-0.15, -0.1) is 0 Å². The van der Waals surface area contributed by atoms with Gasteiger partial charge in [0.2, 0.25) is 0 Å². The van der Waals surface area contributed by atoms with Crippen LogP contribution in [0, 0.1) is 11.3 Å². The Balaban J connectivity index is 1.95. The minimum absolute atomic E-state index is 0.428. The zero-order valence-electron chi connectivity index (χ0n) is 13.1. The van der Waals surface area contributed by atoms with Crippen LogP contribution in [0.15, 0.2) is 28.7 Å². The van der Waals surface area contributed by atoms with Gasteiger partial charge in [-0.3, -0.25) is 0 Å². The van der Waals surface area contributed by atoms with Gasteiger partial charge in [-0.05, 0) is 55.2 Å². The molecule has 1 unspecified atom stereocenters. The van der Waals surface area contributed by atoms with E-state index in [1.165, 1.54) is 48.7 Å². The standard InChI is InChI=1S/C18H28BrN/c1-14(2)12-18(9-4-5-10-18)13-20-15(3)16-7-6-8-17(19)11-16/h6-8,11,14-15,20H,4-5,9-10,12-13H2,1-3H3. The second-order valence-electron chi connectivity index (χ2n) is 6.96. The number of hydrogen-bond acceptors (Lipinski definition) is 1. The van der Waals surface area contributed by atoms with Gasteiger partial charge >= 0.3 is 0 Å². The molecule has 1 saturated carbocycles. The molecule has 20 heavy (non-hydrogen) atoms. The second-order valence-corrected chi connectivity index (χ2v) is 7.88. The number of nitrogens with one attached hydrogen (secondary N) is 1. The lowest BCUT2D eigenvalue weighted by Gasteiger charge is -2.33. The van der Waals surface area contributed by atoms with Crippen molar-refractivity contribution >= 4 is 15.9 Å². The van der Waals surface area contributed by atoms with Gasteiger partial charge in [0.05, 0.1) is 0 Å². The molecule has 1 aromatic carbocycles. The summed E-state index contributed by atoms with van der Waals surface area (Å²) in [4.78, 5) is 0. The highest BCUT2D eigenvalue weighted by molar-refractivity contribution is 9.10. The normalized spacial score (nSPS) is 19.4. The summed E-state index contributed by atoms with van der Waals surface area (Å²) < 4.78 is 1.17. The van der Waals surface area contributed by atoms with Crippen LogP contribution < -0.4 is 5.32 Å². The molecule has 1 nitrogen and oxygen atoms in total. The summed E-state index contributed by atoms with van der Waals surface area (Å²) in [5, 5.41) is 3.79. The molecular weight excluding hydrogens is 310 g/mol. The van der Waals surface area contributed by atoms with Crippen LogP contribution in [-0.4, -0.2) is 6.54 Å². The molecule has 2 heteroatoms. The van der Waals surface area contributed by atoms with Crippen LogP contribution in [-0.2, 0) is 0 Å². The van der Waals surface area contributed by atoms with Gasteiger partial charge in [0, 0.05) is 17.1 Å². The molecular formula is C18H28BrN. The Morgan fingerprint density at radius 1 is 1.20 bits per heavy atom. The van der Waals surface area contributed by atoms with Gasteiger partial charge in [0.25, 0.3) is 0 Å². The van der Waals surface area contributed by atoms with Crippen LogP contribution in [0.4, 0.5) is 0 Å². The number of rotatable bonds is 6. The van der Waals surface area contributed by atoms with Crippen molar-refractivity contribution in [3.63, 3.8) is 0 Å². The molecule has 0 aromatic heterocycles. The minimum atomic E-state index is 0.428. The predicted molar refractivity (Wildman–Crippen MR) is 90.9 cm³/mol. The van der Waals surface area contributed by atoms with Crippen LogP contribution in [0.1, 0.15) is 64.5 Å². The number of hydrogen-bond donors (Lipinski definition) is 1. The van der Waals surface area contributed by atoms with Gasteiger partial charge in [-0.1, -0.05) is 54.8 Å². The first-order valence-corrected chi connectivity index (χ1v) is 8.79. The maximum atomic E-state index is 3.79. The first-order valence-electron chi connectivity index (χ1n) is 8.00. The van der Waals surface area contributed by atoms with E-state index < -0.39 is 0 Å². The molecule has 1 aliphatic rings. The van der Waals surface area contributed by atoms with Gasteiger partial charge in [0.1, 0.15) is 0 Å². The first-order chi connectivity index (χ1) is 9.51. The maximum Gasteiger partial charge on any atom is 0.0292 e. The Labute approximate surface area is 132 Å². The monoisotopic (exact) mass is 337 g/mol. The van der Waals surface area contributed by atoms with Gasteiger partial charge < -0.3 is 5.32 Å². The smallest absolute Gasteiger partial charge is 0.0292 e. The Hall–Kier alpha value is -0.340. The third-order valence-corrected chi connectivity index (χ3v) is 5.13. The highest BCUT2D eigenvalue weighted by atomic mass is 79.9. The van der Waals surface area contributed by atoms with E-state index in [9.17, 15) is 0 Å². The van der Waals surface area contributed by atoms with Crippen LogP contribution in [0.3, 0.4) is 0 Å². The quantitative estimate of drug-likeness (QED) is 0.701. The fraction of sp³-hybridized carbons (Fsp3) is 0.667. The molecule has 1 fully saturated rings. The van der Waals surface area contributed by atoms with Crippen molar-refractivity contribution in [1.29, 1.82) is 0 Å². The minimum Gasteiger partial charge on any atom is -0.310 e. The van der Waals surface area contributed by atoms with Gasteiger partial charge in [-0.25, -0.2) is 0 Å². The van der Waals surface area contributed by atoms with E-state index in [4.69, 9.17) is 0 Å². The molecule has 1 aliphatic carbocycles. The summed E-state index contributed by atoms with van der Waals surface area (Å²) >= 11 is 3.56. The van der Waals surface area contributed by atoms with E-state index in [-0.39, 0.29) is 0 Å². The van der Waals surface area contributed by atoms with Crippen LogP contribution in [0.25, 0.3) is 0 Å². The molecule has 112 valence electrons. The molecule has 0 amide bonds. The largest absolute Gasteiger partial charge is 0.310 e. The third-order valence-electron chi connectivity index (χ3n) is 4.64. The second kappa shape index (κ2) is 7.09. The average molecular weight is 338 g/mol. The molecule has 0 saturated heterocycles. The predicted octanol–water partition coefficient (Wildman–Crippen LogP) is 5.71. The average Bonchev–Trinajstić information content (AvgIpc) is 2.84. The molecule has 0 aliphatic heterocycles. The van der Waals surface area contributed by atoms with Crippen LogP contribution in [0.2, 0.25) is 0 Å². The Kier molecular flexibility index (Phi) is 5.68. The molecule has 0 bridgehead atoms. The fourth-order valence-corrected chi connectivity index (χ4v) is 4.12. The topological polar surface area (TPSA) is 12.0 Å². The first kappa shape index (κ1) is 16.0. The number of benzene rings is 1. The lowest BCUT2D eigenvalue weighted by atomic mass is 9.78. The fourth-order valence-electron chi connectivity index (χ4n) is 3.71. The molecule has 1 aromatic rings. The number of halogens is 1. The van der Waals surface area contributed by atoms with Gasteiger partial charge in [0.15, 0.2) is 0 Å². The summed E-state index contributed by atoms with van der Waals surface area (Å²) in [6.07, 6.45) is 7.01. The van der Waals surface area contributed by atoms with E-state index in [0.29, 0.717) is 11.5 Å². The van der Waals surface area contributed by atoms with E-state index in [2.05, 4.69) is 66.3 Å². The van der Waals surface area contributed by atoms with Crippen LogP contribution in [0.5, 0.6) is 0 Å². The summed E-state index contributed by atoms with van der Waals surface area (Å²) in [7, 11) is 0. The lowest BCUT2D eigenvalue weighted by molar-refractivity contribution is 0.217. The van der Waals surface area contributed by atoms with Crippen molar-refractivity contribution in [2.75, 3.05) is 6.54 Å². The molecule has 0 spiro atoms.